The van der Waals surface area contributed by atoms with Gasteiger partial charge in [0, 0.05) is 32.7 Å². The molecule has 0 aromatic heterocycles. The fourth-order valence-electron chi connectivity index (χ4n) is 0.731. The number of allylic oxidation sites excluding steroid dienone is 1. The van der Waals surface area contributed by atoms with E-state index >= 15 is 0 Å². The van der Waals surface area contributed by atoms with Crippen molar-refractivity contribution < 1.29 is 42.6 Å². The molecule has 0 fully saturated rings. The molecule has 1 radical (unpaired) electrons. The maximum atomic E-state index is 8.66. The Morgan fingerprint density at radius 3 is 2.07 bits per heavy atom. The Hall–Kier alpha value is -0.176. The SMILES string of the molecule is C=CC.COc1ccc(CO)cc1.[Y]. The van der Waals surface area contributed by atoms with Crippen LogP contribution >= 0.6 is 0 Å². The summed E-state index contributed by atoms with van der Waals surface area (Å²) in [5.41, 5.74) is 0.904. The molecule has 1 N–H and O–H groups in total. The van der Waals surface area contributed by atoms with Gasteiger partial charge in [-0.3, -0.25) is 0 Å². The molecule has 1 aromatic rings. The van der Waals surface area contributed by atoms with Gasteiger partial charge in [0.2, 0.25) is 0 Å². The molecule has 14 heavy (non-hydrogen) atoms. The van der Waals surface area contributed by atoms with Crippen molar-refractivity contribution in [3.8, 4) is 5.75 Å². The monoisotopic (exact) mass is 269 g/mol. The molecule has 0 amide bonds. The van der Waals surface area contributed by atoms with Gasteiger partial charge in [-0.15, -0.1) is 6.58 Å². The van der Waals surface area contributed by atoms with Gasteiger partial charge >= 0.3 is 0 Å². The second kappa shape index (κ2) is 10.9. The Labute approximate surface area is 111 Å². The van der Waals surface area contributed by atoms with Gasteiger partial charge in [0.25, 0.3) is 0 Å². The first-order valence-electron chi connectivity index (χ1n) is 4.09. The second-order valence-corrected chi connectivity index (χ2v) is 2.41. The molecule has 3 heteroatoms. The average Bonchev–Trinajstić information content (AvgIpc) is 2.19. The van der Waals surface area contributed by atoms with Crippen molar-refractivity contribution in [2.24, 2.45) is 0 Å². The van der Waals surface area contributed by atoms with Gasteiger partial charge < -0.3 is 9.84 Å². The van der Waals surface area contributed by atoms with E-state index in [4.69, 9.17) is 9.84 Å². The van der Waals surface area contributed by atoms with Crippen molar-refractivity contribution in [1.29, 1.82) is 0 Å². The fourth-order valence-corrected chi connectivity index (χ4v) is 0.731. The molecule has 0 aliphatic carbocycles. The van der Waals surface area contributed by atoms with Gasteiger partial charge in [0.15, 0.2) is 0 Å². The van der Waals surface area contributed by atoms with Crippen LogP contribution in [0.2, 0.25) is 0 Å². The Morgan fingerprint density at radius 1 is 1.36 bits per heavy atom. The van der Waals surface area contributed by atoms with Gasteiger partial charge in [-0.1, -0.05) is 18.2 Å². The normalized spacial score (nSPS) is 7.64. The maximum absolute atomic E-state index is 8.66. The van der Waals surface area contributed by atoms with Crippen LogP contribution < -0.4 is 4.74 Å². The van der Waals surface area contributed by atoms with Crippen LogP contribution in [0.25, 0.3) is 0 Å². The van der Waals surface area contributed by atoms with E-state index in [2.05, 4.69) is 6.58 Å². The molecule has 0 unspecified atom stereocenters. The van der Waals surface area contributed by atoms with Gasteiger partial charge in [-0.2, -0.15) is 0 Å². The van der Waals surface area contributed by atoms with Crippen LogP contribution in [-0.4, -0.2) is 12.2 Å². The first kappa shape index (κ1) is 16.3. The molecule has 0 spiro atoms. The van der Waals surface area contributed by atoms with Crippen molar-refractivity contribution in [3.05, 3.63) is 42.5 Å². The summed E-state index contributed by atoms with van der Waals surface area (Å²) in [5.74, 6) is 0.817. The number of methoxy groups -OCH3 is 1. The summed E-state index contributed by atoms with van der Waals surface area (Å²) >= 11 is 0. The average molecular weight is 269 g/mol. The maximum Gasteiger partial charge on any atom is 0.118 e. The zero-order chi connectivity index (χ0) is 10.1. The summed E-state index contributed by atoms with van der Waals surface area (Å²) in [6.07, 6.45) is 1.75. The molecule has 1 rings (SSSR count). The first-order chi connectivity index (χ1) is 6.28. The molecule has 0 atom stereocenters. The van der Waals surface area contributed by atoms with E-state index in [1.165, 1.54) is 0 Å². The molecule has 0 heterocycles. The minimum atomic E-state index is 0. The van der Waals surface area contributed by atoms with Gasteiger partial charge in [0.05, 0.1) is 13.7 Å². The fraction of sp³-hybridized carbons (Fsp3) is 0.273. The third-order valence-electron chi connectivity index (χ3n) is 1.34. The van der Waals surface area contributed by atoms with Crippen LogP contribution in [0.4, 0.5) is 0 Å². The molecule has 0 saturated heterocycles. The molecular weight excluding hydrogens is 253 g/mol. The largest absolute Gasteiger partial charge is 0.497 e. The molecular formula is C11H16O2Y. The first-order valence-corrected chi connectivity index (χ1v) is 4.09. The zero-order valence-corrected chi connectivity index (χ0v) is 11.6. The Kier molecular flexibility index (Phi) is 12.7. The molecule has 75 valence electrons. The van der Waals surface area contributed by atoms with Gasteiger partial charge in [-0.05, 0) is 24.6 Å². The Balaban J connectivity index is 0. The van der Waals surface area contributed by atoms with Crippen LogP contribution in [-0.2, 0) is 39.3 Å². The molecule has 0 aliphatic heterocycles. The number of ether oxygens (including phenoxy) is 1. The third kappa shape index (κ3) is 7.25. The smallest absolute Gasteiger partial charge is 0.118 e. The van der Waals surface area contributed by atoms with E-state index < -0.39 is 0 Å². The van der Waals surface area contributed by atoms with Gasteiger partial charge in [-0.25, -0.2) is 0 Å². The number of rotatable bonds is 2. The van der Waals surface area contributed by atoms with Crippen molar-refractivity contribution in [2.75, 3.05) is 7.11 Å². The molecule has 1 aromatic carbocycles. The molecule has 0 saturated carbocycles. The number of aliphatic hydroxyl groups is 1. The summed E-state index contributed by atoms with van der Waals surface area (Å²) in [5, 5.41) is 8.66. The van der Waals surface area contributed by atoms with Crippen LogP contribution in [0.3, 0.4) is 0 Å². The Morgan fingerprint density at radius 2 is 1.79 bits per heavy atom. The summed E-state index contributed by atoms with van der Waals surface area (Å²) in [6.45, 7) is 5.34. The summed E-state index contributed by atoms with van der Waals surface area (Å²) < 4.78 is 4.93. The van der Waals surface area contributed by atoms with Gasteiger partial charge in [0.1, 0.15) is 5.75 Å². The number of aliphatic hydroxyl groups excluding tert-OH is 1. The van der Waals surface area contributed by atoms with Crippen molar-refractivity contribution in [2.45, 2.75) is 13.5 Å². The standard InChI is InChI=1S/C8H10O2.C3H6.Y/c1-10-8-4-2-7(6-9)3-5-8;1-3-2;/h2-5,9H,6H2,1H3;3H,1H2,2H3;. The minimum absolute atomic E-state index is 0. The topological polar surface area (TPSA) is 29.5 Å². The van der Waals surface area contributed by atoms with E-state index in [0.717, 1.165) is 11.3 Å². The van der Waals surface area contributed by atoms with Crippen molar-refractivity contribution in [1.82, 2.24) is 0 Å². The summed E-state index contributed by atoms with van der Waals surface area (Å²) in [4.78, 5) is 0. The third-order valence-corrected chi connectivity index (χ3v) is 1.34. The summed E-state index contributed by atoms with van der Waals surface area (Å²) in [6, 6.07) is 7.31. The second-order valence-electron chi connectivity index (χ2n) is 2.41. The van der Waals surface area contributed by atoms with Crippen LogP contribution in [0.1, 0.15) is 12.5 Å². The minimum Gasteiger partial charge on any atom is -0.497 e. The van der Waals surface area contributed by atoms with Crippen molar-refractivity contribution >= 4 is 0 Å². The van der Waals surface area contributed by atoms with E-state index in [0.29, 0.717) is 0 Å². The van der Waals surface area contributed by atoms with Crippen LogP contribution in [0.5, 0.6) is 5.75 Å². The quantitative estimate of drug-likeness (QED) is 0.835. The number of benzene rings is 1. The van der Waals surface area contributed by atoms with E-state index in [-0.39, 0.29) is 39.3 Å². The van der Waals surface area contributed by atoms with E-state index in [1.807, 2.05) is 31.2 Å². The number of hydrogen-bond acceptors (Lipinski definition) is 2. The number of hydrogen-bond donors (Lipinski definition) is 1. The van der Waals surface area contributed by atoms with E-state index in [9.17, 15) is 0 Å². The van der Waals surface area contributed by atoms with Crippen LogP contribution in [0, 0.1) is 0 Å². The Bertz CT molecular complexity index is 209. The summed E-state index contributed by atoms with van der Waals surface area (Å²) in [7, 11) is 1.62. The van der Waals surface area contributed by atoms with E-state index in [1.54, 1.807) is 13.2 Å². The van der Waals surface area contributed by atoms with Crippen LogP contribution in [0.15, 0.2) is 36.9 Å². The predicted molar refractivity (Wildman–Crippen MR) is 54.8 cm³/mol. The zero-order valence-electron chi connectivity index (χ0n) is 8.73. The van der Waals surface area contributed by atoms with Crippen molar-refractivity contribution in [3.63, 3.8) is 0 Å². The molecule has 0 aliphatic rings. The molecule has 0 bridgehead atoms. The molecule has 2 nitrogen and oxygen atoms in total. The predicted octanol–water partition coefficient (Wildman–Crippen LogP) is 2.38.